The van der Waals surface area contributed by atoms with Crippen LogP contribution in [0, 0.1) is 5.82 Å². The molecular formula is C19H22FN3O2. The lowest BCUT2D eigenvalue weighted by Gasteiger charge is -2.36. The van der Waals surface area contributed by atoms with E-state index in [9.17, 15) is 9.18 Å². The Balaban J connectivity index is 1.59. The summed E-state index contributed by atoms with van der Waals surface area (Å²) in [7, 11) is 0. The summed E-state index contributed by atoms with van der Waals surface area (Å²) in [4.78, 5) is 16.3. The van der Waals surface area contributed by atoms with Crippen molar-refractivity contribution in [1.82, 2.24) is 4.90 Å². The van der Waals surface area contributed by atoms with Gasteiger partial charge in [-0.25, -0.2) is 9.18 Å². The molecule has 1 heterocycles. The number of nitrogens with zero attached hydrogens (tertiary/aromatic N) is 2. The van der Waals surface area contributed by atoms with Gasteiger partial charge in [0.1, 0.15) is 11.6 Å². The summed E-state index contributed by atoms with van der Waals surface area (Å²) in [5.74, 6) is 0.418. The number of hydrogen-bond acceptors (Lipinski definition) is 3. The van der Waals surface area contributed by atoms with Gasteiger partial charge in [-0.3, -0.25) is 0 Å². The fourth-order valence-electron chi connectivity index (χ4n) is 2.89. The molecule has 0 aromatic heterocycles. The Hall–Kier alpha value is -2.76. The predicted octanol–water partition coefficient (Wildman–Crippen LogP) is 3.58. The Morgan fingerprint density at radius 2 is 1.88 bits per heavy atom. The first-order valence-corrected chi connectivity index (χ1v) is 8.45. The van der Waals surface area contributed by atoms with Crippen LogP contribution in [0.4, 0.5) is 20.6 Å². The molecule has 1 N–H and O–H groups in total. The lowest BCUT2D eigenvalue weighted by atomic mass is 10.2. The van der Waals surface area contributed by atoms with Gasteiger partial charge in [0.15, 0.2) is 0 Å². The van der Waals surface area contributed by atoms with Crippen molar-refractivity contribution in [1.29, 1.82) is 0 Å². The topological polar surface area (TPSA) is 44.8 Å². The number of carbonyl (C=O) groups excluding carboxylic acids is 1. The van der Waals surface area contributed by atoms with E-state index in [-0.39, 0.29) is 11.8 Å². The molecule has 1 aliphatic rings. The number of benzene rings is 2. The molecule has 2 amide bonds. The van der Waals surface area contributed by atoms with E-state index in [1.165, 1.54) is 12.1 Å². The predicted molar refractivity (Wildman–Crippen MR) is 96.8 cm³/mol. The number of rotatable bonds is 4. The molecule has 0 atom stereocenters. The third kappa shape index (κ3) is 4.21. The van der Waals surface area contributed by atoms with Crippen molar-refractivity contribution in [3.05, 3.63) is 54.3 Å². The second-order valence-corrected chi connectivity index (χ2v) is 5.81. The van der Waals surface area contributed by atoms with E-state index < -0.39 is 0 Å². The van der Waals surface area contributed by atoms with E-state index in [0.29, 0.717) is 44.2 Å². The average molecular weight is 343 g/mol. The van der Waals surface area contributed by atoms with Crippen molar-refractivity contribution in [2.45, 2.75) is 6.92 Å². The van der Waals surface area contributed by atoms with Crippen LogP contribution < -0.4 is 15.0 Å². The molecule has 1 fully saturated rings. The van der Waals surface area contributed by atoms with Crippen LogP contribution in [0.5, 0.6) is 5.75 Å². The zero-order valence-corrected chi connectivity index (χ0v) is 14.2. The molecule has 2 aromatic carbocycles. The molecule has 0 radical (unpaired) electrons. The normalized spacial score (nSPS) is 14.3. The zero-order chi connectivity index (χ0) is 17.6. The molecule has 1 saturated heterocycles. The third-order valence-corrected chi connectivity index (χ3v) is 4.17. The largest absolute Gasteiger partial charge is 0.492 e. The number of piperazine rings is 1. The van der Waals surface area contributed by atoms with Gasteiger partial charge >= 0.3 is 6.03 Å². The summed E-state index contributed by atoms with van der Waals surface area (Å²) in [6.07, 6.45) is 0. The summed E-state index contributed by atoms with van der Waals surface area (Å²) < 4.78 is 18.9. The van der Waals surface area contributed by atoms with Crippen molar-refractivity contribution < 1.29 is 13.9 Å². The Labute approximate surface area is 147 Å². The molecule has 25 heavy (non-hydrogen) atoms. The van der Waals surface area contributed by atoms with Gasteiger partial charge in [0.2, 0.25) is 0 Å². The molecule has 5 nitrogen and oxygen atoms in total. The molecule has 0 bridgehead atoms. The van der Waals surface area contributed by atoms with Crippen molar-refractivity contribution >= 4 is 17.4 Å². The molecule has 0 spiro atoms. The van der Waals surface area contributed by atoms with Gasteiger partial charge in [-0.2, -0.15) is 0 Å². The smallest absolute Gasteiger partial charge is 0.322 e. The minimum absolute atomic E-state index is 0.147. The second kappa shape index (κ2) is 7.88. The number of nitrogens with one attached hydrogen (secondary N) is 1. The fraction of sp³-hybridized carbons (Fsp3) is 0.316. The molecular weight excluding hydrogens is 321 g/mol. The number of urea groups is 1. The van der Waals surface area contributed by atoms with Gasteiger partial charge in [-0.1, -0.05) is 18.2 Å². The number of hydrogen-bond donors (Lipinski definition) is 1. The highest BCUT2D eigenvalue weighted by atomic mass is 19.1. The summed E-state index contributed by atoms with van der Waals surface area (Å²) in [5.41, 5.74) is 1.52. The van der Waals surface area contributed by atoms with E-state index in [4.69, 9.17) is 4.74 Å². The number of halogens is 1. The van der Waals surface area contributed by atoms with Crippen LogP contribution in [0.1, 0.15) is 6.92 Å². The third-order valence-electron chi connectivity index (χ3n) is 4.17. The second-order valence-electron chi connectivity index (χ2n) is 5.81. The molecule has 0 aliphatic carbocycles. The summed E-state index contributed by atoms with van der Waals surface area (Å²) in [5, 5.41) is 2.91. The minimum Gasteiger partial charge on any atom is -0.492 e. The van der Waals surface area contributed by atoms with E-state index in [2.05, 4.69) is 10.2 Å². The van der Waals surface area contributed by atoms with Crippen LogP contribution in [0.25, 0.3) is 0 Å². The minimum atomic E-state index is -0.245. The van der Waals surface area contributed by atoms with Crippen LogP contribution in [-0.4, -0.2) is 43.7 Å². The van der Waals surface area contributed by atoms with Crippen LogP contribution >= 0.6 is 0 Å². The molecule has 2 aromatic rings. The molecule has 1 aliphatic heterocycles. The Morgan fingerprint density at radius 1 is 1.12 bits per heavy atom. The first-order valence-electron chi connectivity index (χ1n) is 8.45. The first kappa shape index (κ1) is 17.1. The maximum absolute atomic E-state index is 13.4. The van der Waals surface area contributed by atoms with E-state index in [1.807, 2.05) is 37.3 Å². The number of ether oxygens (including phenoxy) is 1. The number of anilines is 2. The number of carbonyl (C=O) groups is 1. The first-order chi connectivity index (χ1) is 12.2. The highest BCUT2D eigenvalue weighted by Crippen LogP contribution is 2.24. The standard InChI is InChI=1S/C19H22FN3O2/c1-2-25-18-9-4-3-8-17(18)21-19(24)23-12-10-22(11-13-23)16-7-5-6-15(20)14-16/h3-9,14H,2,10-13H2,1H3,(H,21,24). The highest BCUT2D eigenvalue weighted by molar-refractivity contribution is 5.91. The van der Waals surface area contributed by atoms with Gasteiger partial charge in [0, 0.05) is 31.9 Å². The van der Waals surface area contributed by atoms with Crippen molar-refractivity contribution in [2.75, 3.05) is 43.0 Å². The van der Waals surface area contributed by atoms with Crippen LogP contribution in [0.2, 0.25) is 0 Å². The lowest BCUT2D eigenvalue weighted by molar-refractivity contribution is 0.208. The van der Waals surface area contributed by atoms with Crippen molar-refractivity contribution in [2.24, 2.45) is 0 Å². The van der Waals surface area contributed by atoms with Gasteiger partial charge in [0.05, 0.1) is 12.3 Å². The van der Waals surface area contributed by atoms with E-state index >= 15 is 0 Å². The zero-order valence-electron chi connectivity index (χ0n) is 14.2. The SMILES string of the molecule is CCOc1ccccc1NC(=O)N1CCN(c2cccc(F)c2)CC1. The summed E-state index contributed by atoms with van der Waals surface area (Å²) >= 11 is 0. The summed E-state index contributed by atoms with van der Waals surface area (Å²) in [6.45, 7) is 4.95. The van der Waals surface area contributed by atoms with Gasteiger partial charge in [0.25, 0.3) is 0 Å². The van der Waals surface area contributed by atoms with Crippen molar-refractivity contribution in [3.8, 4) is 5.75 Å². The van der Waals surface area contributed by atoms with Gasteiger partial charge in [-0.15, -0.1) is 0 Å². The van der Waals surface area contributed by atoms with Crippen LogP contribution in [0.3, 0.4) is 0 Å². The van der Waals surface area contributed by atoms with E-state index in [0.717, 1.165) is 5.69 Å². The van der Waals surface area contributed by atoms with Crippen LogP contribution in [0.15, 0.2) is 48.5 Å². The maximum Gasteiger partial charge on any atom is 0.322 e. The Morgan fingerprint density at radius 3 is 2.60 bits per heavy atom. The molecule has 3 rings (SSSR count). The van der Waals surface area contributed by atoms with Crippen LogP contribution in [-0.2, 0) is 0 Å². The highest BCUT2D eigenvalue weighted by Gasteiger charge is 2.22. The maximum atomic E-state index is 13.4. The molecule has 132 valence electrons. The van der Waals surface area contributed by atoms with Gasteiger partial charge in [-0.05, 0) is 37.3 Å². The number of amides is 2. The average Bonchev–Trinajstić information content (AvgIpc) is 2.64. The number of para-hydroxylation sites is 2. The van der Waals surface area contributed by atoms with Crippen molar-refractivity contribution in [3.63, 3.8) is 0 Å². The Kier molecular flexibility index (Phi) is 5.38. The molecule has 0 unspecified atom stereocenters. The monoisotopic (exact) mass is 343 g/mol. The van der Waals surface area contributed by atoms with E-state index in [1.54, 1.807) is 11.0 Å². The Bertz CT molecular complexity index is 730. The fourth-order valence-corrected chi connectivity index (χ4v) is 2.89. The molecule has 0 saturated carbocycles. The summed E-state index contributed by atoms with van der Waals surface area (Å²) in [6, 6.07) is 13.8. The molecule has 6 heteroatoms. The quantitative estimate of drug-likeness (QED) is 0.923. The van der Waals surface area contributed by atoms with Gasteiger partial charge < -0.3 is 19.9 Å². The lowest BCUT2D eigenvalue weighted by Crippen LogP contribution is -2.50.